The Labute approximate surface area is 171 Å². The van der Waals surface area contributed by atoms with Crippen LogP contribution in [0, 0.1) is 5.92 Å². The number of nitrogens with one attached hydrogen (secondary N) is 2. The molecule has 28 heavy (non-hydrogen) atoms. The van der Waals surface area contributed by atoms with Gasteiger partial charge in [0.15, 0.2) is 16.6 Å². The molecule has 0 unspecified atom stereocenters. The first-order chi connectivity index (χ1) is 13.6. The Morgan fingerprint density at radius 3 is 2.64 bits per heavy atom. The molecule has 1 aromatic rings. The van der Waals surface area contributed by atoms with E-state index in [0.29, 0.717) is 43.8 Å². The molecule has 154 valence electrons. The van der Waals surface area contributed by atoms with Crippen LogP contribution in [0.5, 0.6) is 11.5 Å². The summed E-state index contributed by atoms with van der Waals surface area (Å²) in [5.41, 5.74) is 0.963. The Hall–Kier alpha value is -2.06. The second-order valence-corrected chi connectivity index (χ2v) is 7.60. The van der Waals surface area contributed by atoms with Crippen LogP contribution in [0.2, 0.25) is 0 Å². The normalized spacial score (nSPS) is 21.3. The molecule has 0 radical (unpaired) electrons. The molecule has 0 aromatic heterocycles. The topological polar surface area (TPSA) is 72.1 Å². The average Bonchev–Trinajstić information content (AvgIpc) is 3.40. The molecule has 7 nitrogen and oxygen atoms in total. The van der Waals surface area contributed by atoms with E-state index in [1.54, 1.807) is 21.3 Å². The lowest BCUT2D eigenvalue weighted by molar-refractivity contribution is -0.125. The lowest BCUT2D eigenvalue weighted by Crippen LogP contribution is -2.41. The van der Waals surface area contributed by atoms with Gasteiger partial charge in [-0.1, -0.05) is 12.1 Å². The van der Waals surface area contributed by atoms with Gasteiger partial charge in [-0.15, -0.1) is 0 Å². The van der Waals surface area contributed by atoms with Crippen molar-refractivity contribution < 1.29 is 19.0 Å². The summed E-state index contributed by atoms with van der Waals surface area (Å²) in [6.07, 6.45) is 2.31. The first kappa shape index (κ1) is 20.7. The van der Waals surface area contributed by atoms with Crippen molar-refractivity contribution in [1.82, 2.24) is 15.5 Å². The van der Waals surface area contributed by atoms with Gasteiger partial charge in [-0.25, -0.2) is 0 Å². The maximum Gasteiger partial charge on any atom is 0.225 e. The Kier molecular flexibility index (Phi) is 6.96. The number of amides is 1. The van der Waals surface area contributed by atoms with Crippen LogP contribution in [-0.2, 0) is 9.53 Å². The molecule has 1 saturated heterocycles. The molecular weight excluding hydrogens is 378 g/mol. The summed E-state index contributed by atoms with van der Waals surface area (Å²) in [5.74, 6) is 1.05. The minimum Gasteiger partial charge on any atom is -0.493 e. The zero-order chi connectivity index (χ0) is 20.1. The van der Waals surface area contributed by atoms with Crippen molar-refractivity contribution in [2.75, 3.05) is 47.6 Å². The first-order valence-electron chi connectivity index (χ1n) is 9.62. The molecule has 2 fully saturated rings. The van der Waals surface area contributed by atoms with Gasteiger partial charge in [-0.3, -0.25) is 4.79 Å². The van der Waals surface area contributed by atoms with Gasteiger partial charge < -0.3 is 29.7 Å². The van der Waals surface area contributed by atoms with Crippen molar-refractivity contribution >= 4 is 23.2 Å². The van der Waals surface area contributed by atoms with Gasteiger partial charge in [0.2, 0.25) is 5.91 Å². The maximum absolute atomic E-state index is 12.9. The van der Waals surface area contributed by atoms with Gasteiger partial charge in [0.05, 0.1) is 26.7 Å². The third-order valence-electron chi connectivity index (χ3n) is 5.29. The van der Waals surface area contributed by atoms with Crippen molar-refractivity contribution in [1.29, 1.82) is 0 Å². The van der Waals surface area contributed by atoms with Gasteiger partial charge in [0.1, 0.15) is 0 Å². The number of nitrogens with zero attached hydrogens (tertiary/aromatic N) is 1. The van der Waals surface area contributed by atoms with Crippen LogP contribution < -0.4 is 20.1 Å². The number of likely N-dealkylation sites (tertiary alicyclic amines) is 1. The number of rotatable bonds is 8. The smallest absolute Gasteiger partial charge is 0.225 e. The zero-order valence-corrected chi connectivity index (χ0v) is 17.5. The van der Waals surface area contributed by atoms with Crippen molar-refractivity contribution in [3.05, 3.63) is 23.8 Å². The van der Waals surface area contributed by atoms with E-state index in [2.05, 4.69) is 15.5 Å². The Morgan fingerprint density at radius 2 is 2.00 bits per heavy atom. The summed E-state index contributed by atoms with van der Waals surface area (Å²) in [6.45, 7) is 2.20. The van der Waals surface area contributed by atoms with Crippen LogP contribution in [0.4, 0.5) is 0 Å². The molecule has 1 amide bonds. The molecule has 0 spiro atoms. The fourth-order valence-corrected chi connectivity index (χ4v) is 3.97. The van der Waals surface area contributed by atoms with Crippen LogP contribution in [0.1, 0.15) is 24.3 Å². The van der Waals surface area contributed by atoms with E-state index in [4.69, 9.17) is 26.4 Å². The fourth-order valence-electron chi connectivity index (χ4n) is 3.66. The zero-order valence-electron chi connectivity index (χ0n) is 16.7. The largest absolute Gasteiger partial charge is 0.493 e. The summed E-state index contributed by atoms with van der Waals surface area (Å²) in [5, 5.41) is 7.08. The predicted molar refractivity (Wildman–Crippen MR) is 111 cm³/mol. The number of methoxy groups -OCH3 is 3. The Bertz CT molecular complexity index is 711. The van der Waals surface area contributed by atoms with E-state index in [9.17, 15) is 4.79 Å². The van der Waals surface area contributed by atoms with E-state index in [-0.39, 0.29) is 17.7 Å². The number of carbonyl (C=O) groups is 1. The number of thiocarbonyl (C=S) groups is 1. The number of ether oxygens (including phenoxy) is 3. The van der Waals surface area contributed by atoms with E-state index in [0.717, 1.165) is 23.5 Å². The minimum atomic E-state index is -0.239. The van der Waals surface area contributed by atoms with E-state index < -0.39 is 0 Å². The molecule has 1 saturated carbocycles. The summed E-state index contributed by atoms with van der Waals surface area (Å²) in [7, 11) is 4.86. The first-order valence-corrected chi connectivity index (χ1v) is 10.0. The molecule has 1 heterocycles. The van der Waals surface area contributed by atoms with Crippen LogP contribution in [0.15, 0.2) is 18.2 Å². The van der Waals surface area contributed by atoms with Gasteiger partial charge >= 0.3 is 0 Å². The summed E-state index contributed by atoms with van der Waals surface area (Å²) < 4.78 is 16.1. The molecule has 2 atom stereocenters. The lowest BCUT2D eigenvalue weighted by Gasteiger charge is -2.22. The molecule has 1 aliphatic carbocycles. The van der Waals surface area contributed by atoms with Crippen molar-refractivity contribution in [3.8, 4) is 11.5 Å². The van der Waals surface area contributed by atoms with Crippen LogP contribution in [0.25, 0.3) is 0 Å². The van der Waals surface area contributed by atoms with Crippen LogP contribution in [0.3, 0.4) is 0 Å². The number of hydrogen-bond donors (Lipinski definition) is 2. The molecule has 1 aliphatic heterocycles. The fraction of sp³-hybridized carbons (Fsp3) is 0.600. The average molecular weight is 408 g/mol. The highest BCUT2D eigenvalue weighted by atomic mass is 32.1. The lowest BCUT2D eigenvalue weighted by atomic mass is 9.87. The quantitative estimate of drug-likeness (QED) is 0.500. The summed E-state index contributed by atoms with van der Waals surface area (Å²) in [6, 6.07) is 6.27. The SMILES string of the molecule is COCCNC(=O)[C@@H]1CN(C(=S)NC2CC2)C[C@@H]1c1cccc(OC)c1OC. The number of hydrogen-bond acceptors (Lipinski definition) is 5. The Balaban J connectivity index is 1.84. The number of para-hydroxylation sites is 1. The standard InChI is InChI=1S/C20H29N3O4S/c1-25-10-9-21-19(24)16-12-23(20(28)22-13-7-8-13)11-15(16)14-5-4-6-17(26-2)18(14)27-3/h4-6,13,15-16H,7-12H2,1-3H3,(H,21,24)(H,22,28)/t15-,16-/m1/s1. The van der Waals surface area contributed by atoms with E-state index in [1.165, 1.54) is 0 Å². The molecule has 8 heteroatoms. The number of carbonyl (C=O) groups excluding carboxylic acids is 1. The molecule has 0 bridgehead atoms. The number of benzene rings is 1. The molecule has 2 aliphatic rings. The van der Waals surface area contributed by atoms with Gasteiger partial charge in [0.25, 0.3) is 0 Å². The van der Waals surface area contributed by atoms with Gasteiger partial charge in [-0.05, 0) is 31.1 Å². The van der Waals surface area contributed by atoms with Gasteiger partial charge in [-0.2, -0.15) is 0 Å². The summed E-state index contributed by atoms with van der Waals surface area (Å²) >= 11 is 5.60. The minimum absolute atomic E-state index is 0.00337. The highest BCUT2D eigenvalue weighted by molar-refractivity contribution is 7.80. The van der Waals surface area contributed by atoms with E-state index >= 15 is 0 Å². The second kappa shape index (κ2) is 9.43. The highest BCUT2D eigenvalue weighted by Gasteiger charge is 2.41. The highest BCUT2D eigenvalue weighted by Crippen LogP contribution is 2.42. The molecule has 2 N–H and O–H groups in total. The monoisotopic (exact) mass is 407 g/mol. The molecule has 1 aromatic carbocycles. The van der Waals surface area contributed by atoms with E-state index in [1.807, 2.05) is 18.2 Å². The predicted octanol–water partition coefficient (Wildman–Crippen LogP) is 1.52. The second-order valence-electron chi connectivity index (χ2n) is 7.21. The summed E-state index contributed by atoms with van der Waals surface area (Å²) in [4.78, 5) is 15.0. The van der Waals surface area contributed by atoms with Crippen molar-refractivity contribution in [3.63, 3.8) is 0 Å². The third kappa shape index (κ3) is 4.67. The molecular formula is C20H29N3O4S. The Morgan fingerprint density at radius 1 is 1.21 bits per heavy atom. The van der Waals surface area contributed by atoms with Crippen LogP contribution >= 0.6 is 12.2 Å². The van der Waals surface area contributed by atoms with Crippen molar-refractivity contribution in [2.45, 2.75) is 24.8 Å². The molecule has 3 rings (SSSR count). The maximum atomic E-state index is 12.9. The third-order valence-corrected chi connectivity index (χ3v) is 5.66. The van der Waals surface area contributed by atoms with Crippen LogP contribution in [-0.4, -0.2) is 69.5 Å². The van der Waals surface area contributed by atoms with Gasteiger partial charge in [0, 0.05) is 44.3 Å². The van der Waals surface area contributed by atoms with Crippen molar-refractivity contribution in [2.24, 2.45) is 5.92 Å².